The molecule has 0 saturated heterocycles. The van der Waals surface area contributed by atoms with Crippen LogP contribution in [0.25, 0.3) is 33.3 Å². The Labute approximate surface area is 185 Å². The lowest BCUT2D eigenvalue weighted by molar-refractivity contribution is -0.659. The Balaban J connectivity index is 1.67. The molecule has 2 aromatic heterocycles. The standard InChI is InChI=1S/C29H31N2/c1-19-16-20(2)21(3)27(17-19)29-26-11-7-10-25(24(26)14-15-31(29)4)28-13-12-23(18-30-28)22-8-5-6-9-22/h7,10-18,22H,5-6,8-9H2,1-4H3/q+1. The summed E-state index contributed by atoms with van der Waals surface area (Å²) in [5.74, 6) is 0.701. The Kier molecular flexibility index (Phi) is 5.09. The zero-order chi connectivity index (χ0) is 21.5. The summed E-state index contributed by atoms with van der Waals surface area (Å²) in [5.41, 5.74) is 10.2. The number of fused-ring (bicyclic) bond motifs is 1. The van der Waals surface area contributed by atoms with Crippen molar-refractivity contribution in [1.29, 1.82) is 0 Å². The molecule has 0 bridgehead atoms. The first-order valence-corrected chi connectivity index (χ1v) is 11.5. The van der Waals surface area contributed by atoms with Crippen molar-refractivity contribution in [3.8, 4) is 22.5 Å². The van der Waals surface area contributed by atoms with Gasteiger partial charge in [-0.15, -0.1) is 0 Å². The molecule has 2 heterocycles. The van der Waals surface area contributed by atoms with Gasteiger partial charge in [0, 0.05) is 23.2 Å². The van der Waals surface area contributed by atoms with E-state index in [0.717, 1.165) is 5.69 Å². The van der Waals surface area contributed by atoms with Crippen molar-refractivity contribution in [1.82, 2.24) is 4.98 Å². The Hall–Kier alpha value is -3.00. The lowest BCUT2D eigenvalue weighted by atomic mass is 9.93. The van der Waals surface area contributed by atoms with Crippen molar-refractivity contribution in [3.05, 3.63) is 83.2 Å². The van der Waals surface area contributed by atoms with Crippen LogP contribution in [-0.2, 0) is 7.05 Å². The number of hydrogen-bond acceptors (Lipinski definition) is 1. The number of hydrogen-bond donors (Lipinski definition) is 0. The minimum Gasteiger partial charge on any atom is -0.256 e. The number of pyridine rings is 2. The van der Waals surface area contributed by atoms with E-state index in [9.17, 15) is 0 Å². The van der Waals surface area contributed by atoms with Crippen LogP contribution in [0.3, 0.4) is 0 Å². The summed E-state index contributed by atoms with van der Waals surface area (Å²) in [4.78, 5) is 4.91. The second-order valence-electron chi connectivity index (χ2n) is 9.25. The molecule has 5 rings (SSSR count). The summed E-state index contributed by atoms with van der Waals surface area (Å²) in [6.07, 6.45) is 9.63. The van der Waals surface area contributed by atoms with Gasteiger partial charge in [0.25, 0.3) is 0 Å². The third kappa shape index (κ3) is 3.54. The van der Waals surface area contributed by atoms with Crippen LogP contribution in [0.1, 0.15) is 53.9 Å². The Morgan fingerprint density at radius 1 is 0.871 bits per heavy atom. The highest BCUT2D eigenvalue weighted by molar-refractivity contribution is 6.01. The number of nitrogens with zero attached hydrogens (tertiary/aromatic N) is 2. The van der Waals surface area contributed by atoms with E-state index in [0.29, 0.717) is 5.92 Å². The van der Waals surface area contributed by atoms with Crippen molar-refractivity contribution in [2.45, 2.75) is 52.4 Å². The molecular formula is C29H31N2+. The van der Waals surface area contributed by atoms with Gasteiger partial charge in [0.2, 0.25) is 5.69 Å². The molecule has 4 aromatic rings. The monoisotopic (exact) mass is 407 g/mol. The predicted molar refractivity (Wildman–Crippen MR) is 129 cm³/mol. The molecule has 1 fully saturated rings. The average Bonchev–Trinajstić information content (AvgIpc) is 3.31. The van der Waals surface area contributed by atoms with Gasteiger partial charge in [0.05, 0.1) is 16.6 Å². The van der Waals surface area contributed by atoms with E-state index < -0.39 is 0 Å². The summed E-state index contributed by atoms with van der Waals surface area (Å²) in [6, 6.07) is 18.0. The molecule has 31 heavy (non-hydrogen) atoms. The summed E-state index contributed by atoms with van der Waals surface area (Å²) in [6.45, 7) is 6.62. The van der Waals surface area contributed by atoms with Gasteiger partial charge in [-0.25, -0.2) is 4.57 Å². The van der Waals surface area contributed by atoms with Crippen LogP contribution in [-0.4, -0.2) is 4.98 Å². The fraction of sp³-hybridized carbons (Fsp3) is 0.310. The molecule has 1 aliphatic carbocycles. The fourth-order valence-corrected chi connectivity index (χ4v) is 5.31. The lowest BCUT2D eigenvalue weighted by Gasteiger charge is -2.13. The van der Waals surface area contributed by atoms with E-state index in [2.05, 4.69) is 93.3 Å². The minimum absolute atomic E-state index is 0.701. The van der Waals surface area contributed by atoms with E-state index in [4.69, 9.17) is 4.98 Å². The maximum atomic E-state index is 4.91. The molecule has 1 saturated carbocycles. The Bertz CT molecular complexity index is 1260. The smallest absolute Gasteiger partial charge is 0.220 e. The largest absolute Gasteiger partial charge is 0.256 e. The molecule has 0 aliphatic heterocycles. The molecule has 0 atom stereocenters. The molecule has 0 unspecified atom stereocenters. The fourth-order valence-electron chi connectivity index (χ4n) is 5.31. The van der Waals surface area contributed by atoms with Gasteiger partial charge in [0.15, 0.2) is 6.20 Å². The van der Waals surface area contributed by atoms with Crippen LogP contribution in [0.5, 0.6) is 0 Å². The third-order valence-electron chi connectivity index (χ3n) is 7.13. The predicted octanol–water partition coefficient (Wildman–Crippen LogP) is 6.98. The highest BCUT2D eigenvalue weighted by Crippen LogP contribution is 2.36. The first-order valence-electron chi connectivity index (χ1n) is 11.5. The third-order valence-corrected chi connectivity index (χ3v) is 7.13. The number of rotatable bonds is 3. The maximum absolute atomic E-state index is 4.91. The van der Waals surface area contributed by atoms with Gasteiger partial charge in [-0.3, -0.25) is 4.98 Å². The zero-order valence-corrected chi connectivity index (χ0v) is 19.1. The van der Waals surface area contributed by atoms with Crippen LogP contribution >= 0.6 is 0 Å². The van der Waals surface area contributed by atoms with Crippen molar-refractivity contribution in [2.75, 3.05) is 0 Å². The summed E-state index contributed by atoms with van der Waals surface area (Å²) < 4.78 is 2.25. The summed E-state index contributed by atoms with van der Waals surface area (Å²) in [5, 5.41) is 2.53. The average molecular weight is 408 g/mol. The topological polar surface area (TPSA) is 16.8 Å². The summed E-state index contributed by atoms with van der Waals surface area (Å²) >= 11 is 0. The van der Waals surface area contributed by atoms with Gasteiger partial charge in [-0.1, -0.05) is 42.7 Å². The van der Waals surface area contributed by atoms with Gasteiger partial charge in [-0.05, 0) is 74.4 Å². The van der Waals surface area contributed by atoms with Gasteiger partial charge in [-0.2, -0.15) is 0 Å². The molecule has 156 valence electrons. The normalized spacial score (nSPS) is 14.5. The van der Waals surface area contributed by atoms with Crippen LogP contribution in [0.2, 0.25) is 0 Å². The molecule has 1 aliphatic rings. The molecule has 2 heteroatoms. The van der Waals surface area contributed by atoms with Crippen LogP contribution in [0, 0.1) is 20.8 Å². The first-order chi connectivity index (χ1) is 15.0. The van der Waals surface area contributed by atoms with Crippen molar-refractivity contribution in [3.63, 3.8) is 0 Å². The van der Waals surface area contributed by atoms with Crippen molar-refractivity contribution >= 4 is 10.8 Å². The summed E-state index contributed by atoms with van der Waals surface area (Å²) in [7, 11) is 2.15. The highest BCUT2D eigenvalue weighted by Gasteiger charge is 2.21. The minimum atomic E-state index is 0.701. The van der Waals surface area contributed by atoms with Crippen LogP contribution in [0.4, 0.5) is 0 Å². The van der Waals surface area contributed by atoms with E-state index in [1.54, 1.807) is 0 Å². The quantitative estimate of drug-likeness (QED) is 0.335. The molecule has 2 nitrogen and oxygen atoms in total. The van der Waals surface area contributed by atoms with Crippen LogP contribution in [0.15, 0.2) is 60.9 Å². The molecule has 0 spiro atoms. The number of aryl methyl sites for hydroxylation is 3. The van der Waals surface area contributed by atoms with Gasteiger partial charge >= 0.3 is 0 Å². The van der Waals surface area contributed by atoms with Crippen molar-refractivity contribution in [2.24, 2.45) is 7.05 Å². The second-order valence-corrected chi connectivity index (χ2v) is 9.25. The van der Waals surface area contributed by atoms with Crippen molar-refractivity contribution < 1.29 is 4.57 Å². The van der Waals surface area contributed by atoms with E-state index in [1.165, 1.54) is 75.5 Å². The zero-order valence-electron chi connectivity index (χ0n) is 19.1. The van der Waals surface area contributed by atoms with E-state index in [-0.39, 0.29) is 0 Å². The van der Waals surface area contributed by atoms with Gasteiger partial charge < -0.3 is 0 Å². The highest BCUT2D eigenvalue weighted by atomic mass is 14.9. The first kappa shape index (κ1) is 19.9. The molecule has 0 radical (unpaired) electrons. The SMILES string of the molecule is Cc1cc(C)c(C)c(-c2c3cccc(-c4ccc(C5CCCC5)cn4)c3cc[n+]2C)c1. The Morgan fingerprint density at radius 3 is 2.42 bits per heavy atom. The Morgan fingerprint density at radius 2 is 1.68 bits per heavy atom. The lowest BCUT2D eigenvalue weighted by Crippen LogP contribution is -2.31. The van der Waals surface area contributed by atoms with E-state index in [1.807, 2.05) is 0 Å². The maximum Gasteiger partial charge on any atom is 0.220 e. The molecule has 2 aromatic carbocycles. The molecule has 0 N–H and O–H groups in total. The van der Waals surface area contributed by atoms with E-state index >= 15 is 0 Å². The van der Waals surface area contributed by atoms with Gasteiger partial charge in [0.1, 0.15) is 7.05 Å². The molecule has 0 amide bonds. The van der Waals surface area contributed by atoms with Crippen LogP contribution < -0.4 is 4.57 Å². The number of aromatic nitrogens is 2. The molecular weight excluding hydrogens is 376 g/mol. The number of benzene rings is 2. The second kappa shape index (κ2) is 7.92.